The number of fused-ring (bicyclic) bond motifs is 1. The SMILES string of the molecule is O=C(Nc1ccc(F)cc1)C1(C(=O)Nc2ccc(Oc3ccnc4cc(C#CCn5ccnc5)sc34)c(F)c2)CC1. The number of benzene rings is 2. The molecule has 5 aromatic rings. The summed E-state index contributed by atoms with van der Waals surface area (Å²) >= 11 is 1.39. The van der Waals surface area contributed by atoms with Crippen molar-refractivity contribution >= 4 is 44.7 Å². The Bertz CT molecular complexity index is 1820. The number of nitrogens with one attached hydrogen (secondary N) is 2. The first kappa shape index (κ1) is 26.2. The molecule has 41 heavy (non-hydrogen) atoms. The van der Waals surface area contributed by atoms with Crippen LogP contribution in [0.5, 0.6) is 11.5 Å². The van der Waals surface area contributed by atoms with E-state index < -0.39 is 28.9 Å². The second-order valence-electron chi connectivity index (χ2n) is 9.42. The van der Waals surface area contributed by atoms with Crippen molar-refractivity contribution in [3.8, 4) is 23.3 Å². The van der Waals surface area contributed by atoms with Gasteiger partial charge in [0.15, 0.2) is 11.6 Å². The molecular weight excluding hydrogens is 548 g/mol. The number of hydrogen-bond acceptors (Lipinski definition) is 6. The van der Waals surface area contributed by atoms with Crippen LogP contribution >= 0.6 is 11.3 Å². The van der Waals surface area contributed by atoms with Crippen LogP contribution in [0.1, 0.15) is 17.7 Å². The molecule has 0 saturated heterocycles. The third-order valence-corrected chi connectivity index (χ3v) is 7.59. The van der Waals surface area contributed by atoms with Crippen LogP contribution in [0, 0.1) is 28.9 Å². The van der Waals surface area contributed by atoms with Crippen molar-refractivity contribution in [2.75, 3.05) is 10.6 Å². The Kier molecular flexibility index (Phi) is 6.91. The highest BCUT2D eigenvalue weighted by Gasteiger charge is 2.56. The van der Waals surface area contributed by atoms with Crippen LogP contribution in [0.2, 0.25) is 0 Å². The van der Waals surface area contributed by atoms with Gasteiger partial charge in [-0.05, 0) is 55.3 Å². The first-order chi connectivity index (χ1) is 19.9. The molecule has 0 atom stereocenters. The fourth-order valence-electron chi connectivity index (χ4n) is 4.15. The lowest BCUT2D eigenvalue weighted by atomic mass is 10.0. The topological polar surface area (TPSA) is 98.1 Å². The minimum absolute atomic E-state index is 0.0353. The highest BCUT2D eigenvalue weighted by molar-refractivity contribution is 7.19. The van der Waals surface area contributed by atoms with Gasteiger partial charge in [-0.15, -0.1) is 11.3 Å². The van der Waals surface area contributed by atoms with Gasteiger partial charge < -0.3 is 19.9 Å². The number of carbonyl (C=O) groups is 2. The van der Waals surface area contributed by atoms with Crippen molar-refractivity contribution < 1.29 is 23.1 Å². The molecule has 2 amide bonds. The molecule has 3 heterocycles. The molecule has 6 rings (SSSR count). The summed E-state index contributed by atoms with van der Waals surface area (Å²) < 4.78 is 36.7. The van der Waals surface area contributed by atoms with Crippen molar-refractivity contribution in [2.24, 2.45) is 5.41 Å². The molecule has 8 nitrogen and oxygen atoms in total. The van der Waals surface area contributed by atoms with Gasteiger partial charge in [-0.1, -0.05) is 11.8 Å². The number of amides is 2. The molecule has 1 aliphatic rings. The van der Waals surface area contributed by atoms with Crippen LogP contribution in [0.15, 0.2) is 79.5 Å². The van der Waals surface area contributed by atoms with Gasteiger partial charge in [0.2, 0.25) is 11.8 Å². The molecule has 204 valence electrons. The maximum absolute atomic E-state index is 15.1. The summed E-state index contributed by atoms with van der Waals surface area (Å²) in [5.74, 6) is 4.42. The Hall–Kier alpha value is -5.08. The molecule has 0 unspecified atom stereocenters. The average Bonchev–Trinajstić information content (AvgIpc) is 3.41. The molecule has 1 saturated carbocycles. The van der Waals surface area contributed by atoms with Gasteiger partial charge in [0.05, 0.1) is 28.0 Å². The molecule has 1 fully saturated rings. The molecule has 1 aliphatic carbocycles. The van der Waals surface area contributed by atoms with Crippen LogP contribution in [0.3, 0.4) is 0 Å². The summed E-state index contributed by atoms with van der Waals surface area (Å²) in [6, 6.07) is 12.8. The zero-order valence-electron chi connectivity index (χ0n) is 21.4. The maximum atomic E-state index is 15.1. The molecule has 0 spiro atoms. The fraction of sp³-hybridized carbons (Fsp3) is 0.133. The van der Waals surface area contributed by atoms with E-state index in [4.69, 9.17) is 4.74 Å². The molecule has 2 aromatic carbocycles. The monoisotopic (exact) mass is 569 g/mol. The Morgan fingerprint density at radius 3 is 2.44 bits per heavy atom. The Morgan fingerprint density at radius 2 is 1.73 bits per heavy atom. The minimum atomic E-state index is -1.26. The number of rotatable bonds is 7. The molecule has 0 bridgehead atoms. The number of nitrogens with zero attached hydrogens (tertiary/aromatic N) is 3. The van der Waals surface area contributed by atoms with Gasteiger partial charge >= 0.3 is 0 Å². The van der Waals surface area contributed by atoms with Crippen molar-refractivity contribution in [3.63, 3.8) is 0 Å². The molecule has 3 aromatic heterocycles. The van der Waals surface area contributed by atoms with Gasteiger partial charge in [-0.3, -0.25) is 14.6 Å². The third kappa shape index (κ3) is 5.64. The highest BCUT2D eigenvalue weighted by Crippen LogP contribution is 2.47. The Balaban J connectivity index is 1.13. The number of halogens is 2. The van der Waals surface area contributed by atoms with Crippen molar-refractivity contribution in [1.29, 1.82) is 0 Å². The van der Waals surface area contributed by atoms with Gasteiger partial charge in [0.25, 0.3) is 0 Å². The number of aromatic nitrogens is 3. The van der Waals surface area contributed by atoms with E-state index in [0.29, 0.717) is 36.3 Å². The highest BCUT2D eigenvalue weighted by atomic mass is 32.1. The van der Waals surface area contributed by atoms with Gasteiger partial charge in [0.1, 0.15) is 17.0 Å². The van der Waals surface area contributed by atoms with Crippen molar-refractivity contribution in [3.05, 3.63) is 96.0 Å². The largest absolute Gasteiger partial charge is 0.453 e. The molecule has 11 heteroatoms. The van der Waals surface area contributed by atoms with E-state index in [1.165, 1.54) is 47.7 Å². The smallest absolute Gasteiger partial charge is 0.240 e. The van der Waals surface area contributed by atoms with Crippen LogP contribution in [0.25, 0.3) is 10.2 Å². The fourth-order valence-corrected chi connectivity index (χ4v) is 5.09. The molecule has 0 aliphatic heterocycles. The Labute approximate surface area is 237 Å². The lowest BCUT2D eigenvalue weighted by Gasteiger charge is -2.16. The zero-order valence-corrected chi connectivity index (χ0v) is 22.2. The number of hydrogen-bond donors (Lipinski definition) is 2. The molecule has 2 N–H and O–H groups in total. The maximum Gasteiger partial charge on any atom is 0.240 e. The average molecular weight is 570 g/mol. The first-order valence-corrected chi connectivity index (χ1v) is 13.4. The summed E-state index contributed by atoms with van der Waals surface area (Å²) in [7, 11) is 0. The number of imidazole rings is 1. The van der Waals surface area contributed by atoms with E-state index in [0.717, 1.165) is 15.6 Å². The number of pyridine rings is 1. The Morgan fingerprint density at radius 1 is 0.976 bits per heavy atom. The van der Waals surface area contributed by atoms with Gasteiger partial charge in [0, 0.05) is 42.1 Å². The second-order valence-corrected chi connectivity index (χ2v) is 10.5. The molecule has 0 radical (unpaired) electrons. The predicted molar refractivity (Wildman–Crippen MR) is 151 cm³/mol. The lowest BCUT2D eigenvalue weighted by molar-refractivity contribution is -0.131. The van der Waals surface area contributed by atoms with E-state index in [2.05, 4.69) is 32.4 Å². The van der Waals surface area contributed by atoms with Gasteiger partial charge in [-0.25, -0.2) is 13.8 Å². The van der Waals surface area contributed by atoms with Gasteiger partial charge in [-0.2, -0.15) is 0 Å². The van der Waals surface area contributed by atoms with Crippen molar-refractivity contribution in [2.45, 2.75) is 19.4 Å². The zero-order chi connectivity index (χ0) is 28.4. The number of carbonyl (C=O) groups excluding carboxylic acids is 2. The van der Waals surface area contributed by atoms with E-state index in [-0.39, 0.29) is 11.4 Å². The van der Waals surface area contributed by atoms with Crippen LogP contribution < -0.4 is 15.4 Å². The third-order valence-electron chi connectivity index (χ3n) is 6.54. The molecular formula is C30H21F2N5O3S. The summed E-state index contributed by atoms with van der Waals surface area (Å²) in [5.41, 5.74) is -0.0153. The van der Waals surface area contributed by atoms with E-state index in [9.17, 15) is 14.0 Å². The lowest BCUT2D eigenvalue weighted by Crippen LogP contribution is -2.35. The summed E-state index contributed by atoms with van der Waals surface area (Å²) in [5, 5.41) is 5.27. The van der Waals surface area contributed by atoms with E-state index in [1.807, 2.05) is 16.8 Å². The summed E-state index contributed by atoms with van der Waals surface area (Å²) in [6.45, 7) is 0.499. The van der Waals surface area contributed by atoms with E-state index >= 15 is 4.39 Å². The van der Waals surface area contributed by atoms with Crippen LogP contribution in [-0.4, -0.2) is 26.3 Å². The van der Waals surface area contributed by atoms with Crippen LogP contribution in [-0.2, 0) is 16.1 Å². The second kappa shape index (κ2) is 10.8. The standard InChI is InChI=1S/C30H21F2N5O3S/c31-19-3-5-20(6-4-19)35-28(38)30(10-11-30)29(39)36-21-7-8-25(23(32)16-21)40-26-9-12-34-24-17-22(41-27(24)26)2-1-14-37-15-13-33-18-37/h3-9,12-13,15-18H,10-11,14H2,(H,35,38)(H,36,39). The summed E-state index contributed by atoms with van der Waals surface area (Å²) in [4.78, 5) is 34.9. The number of anilines is 2. The predicted octanol–water partition coefficient (Wildman–Crippen LogP) is 5.97. The van der Waals surface area contributed by atoms with E-state index in [1.54, 1.807) is 24.8 Å². The quantitative estimate of drug-likeness (QED) is 0.186. The number of ether oxygens (including phenoxy) is 1. The van der Waals surface area contributed by atoms with Crippen LogP contribution in [0.4, 0.5) is 20.2 Å². The number of thiophene rings is 1. The first-order valence-electron chi connectivity index (χ1n) is 12.6. The normalized spacial score (nSPS) is 13.2. The van der Waals surface area contributed by atoms with Crippen molar-refractivity contribution in [1.82, 2.24) is 14.5 Å². The minimum Gasteiger partial charge on any atom is -0.453 e. The summed E-state index contributed by atoms with van der Waals surface area (Å²) in [6.07, 6.45) is 7.49.